The Kier molecular flexibility index (Phi) is 2.78. The third kappa shape index (κ3) is 1.92. The third-order valence-corrected chi connectivity index (χ3v) is 3.00. The summed E-state index contributed by atoms with van der Waals surface area (Å²) in [7, 11) is 0. The number of hydrogen-bond acceptors (Lipinski definition) is 7. The second-order valence-corrected chi connectivity index (χ2v) is 4.12. The molecule has 0 amide bonds. The van der Waals surface area contributed by atoms with Gasteiger partial charge in [-0.3, -0.25) is 15.4 Å². The number of ether oxygens (including phenoxy) is 2. The molecule has 0 saturated carbocycles. The second-order valence-electron chi connectivity index (χ2n) is 4.12. The Morgan fingerprint density at radius 1 is 1.38 bits per heavy atom. The Hall–Kier alpha value is -0.730. The Labute approximate surface area is 93.0 Å². The van der Waals surface area contributed by atoms with Gasteiger partial charge in [-0.2, -0.15) is 0 Å². The average Bonchev–Trinajstić information content (AvgIpc) is 2.97. The topological polar surface area (TPSA) is 72.1 Å². The summed E-state index contributed by atoms with van der Waals surface area (Å²) in [5.41, 5.74) is 0. The SMILES string of the molecule is O=C1CCN(C2COC(C3COCN3)N2)O1. The van der Waals surface area contributed by atoms with Gasteiger partial charge in [-0.05, 0) is 0 Å². The van der Waals surface area contributed by atoms with Gasteiger partial charge in [0.2, 0.25) is 0 Å². The minimum absolute atomic E-state index is 0.0427. The van der Waals surface area contributed by atoms with E-state index in [-0.39, 0.29) is 24.4 Å². The third-order valence-electron chi connectivity index (χ3n) is 3.00. The molecular weight excluding hydrogens is 214 g/mol. The van der Waals surface area contributed by atoms with Crippen molar-refractivity contribution in [2.24, 2.45) is 0 Å². The molecule has 3 aliphatic heterocycles. The second kappa shape index (κ2) is 4.27. The highest BCUT2D eigenvalue weighted by molar-refractivity contribution is 5.70. The molecule has 7 heteroatoms. The number of hydrogen-bond donors (Lipinski definition) is 2. The van der Waals surface area contributed by atoms with E-state index in [1.54, 1.807) is 5.06 Å². The van der Waals surface area contributed by atoms with E-state index in [1.807, 2.05) is 0 Å². The van der Waals surface area contributed by atoms with Crippen LogP contribution in [-0.4, -0.2) is 56.0 Å². The van der Waals surface area contributed by atoms with Crippen LogP contribution in [0, 0.1) is 0 Å². The van der Waals surface area contributed by atoms with Gasteiger partial charge in [0.25, 0.3) is 0 Å². The summed E-state index contributed by atoms with van der Waals surface area (Å²) in [6, 6.07) is 0.170. The lowest BCUT2D eigenvalue weighted by atomic mass is 10.3. The van der Waals surface area contributed by atoms with Crippen LogP contribution in [0.1, 0.15) is 6.42 Å². The number of carbonyl (C=O) groups is 1. The van der Waals surface area contributed by atoms with Crippen LogP contribution in [0.5, 0.6) is 0 Å². The van der Waals surface area contributed by atoms with Crippen molar-refractivity contribution in [3.05, 3.63) is 0 Å². The Balaban J connectivity index is 1.54. The van der Waals surface area contributed by atoms with Gasteiger partial charge in [-0.1, -0.05) is 0 Å². The van der Waals surface area contributed by atoms with E-state index in [4.69, 9.17) is 14.3 Å². The number of nitrogens with one attached hydrogen (secondary N) is 2. The molecule has 3 atom stereocenters. The van der Waals surface area contributed by atoms with E-state index >= 15 is 0 Å². The first-order chi connectivity index (χ1) is 7.83. The van der Waals surface area contributed by atoms with E-state index in [2.05, 4.69) is 10.6 Å². The minimum Gasteiger partial charge on any atom is -0.366 e. The molecule has 3 fully saturated rings. The lowest BCUT2D eigenvalue weighted by molar-refractivity contribution is -0.180. The van der Waals surface area contributed by atoms with Gasteiger partial charge in [0.05, 0.1) is 32.4 Å². The first-order valence-electron chi connectivity index (χ1n) is 5.49. The summed E-state index contributed by atoms with van der Waals surface area (Å²) in [4.78, 5) is 16.0. The largest absolute Gasteiger partial charge is 0.366 e. The summed E-state index contributed by atoms with van der Waals surface area (Å²) in [5, 5.41) is 8.11. The Morgan fingerprint density at radius 2 is 2.31 bits per heavy atom. The zero-order chi connectivity index (χ0) is 11.0. The molecule has 90 valence electrons. The zero-order valence-electron chi connectivity index (χ0n) is 8.85. The van der Waals surface area contributed by atoms with Crippen LogP contribution < -0.4 is 10.6 Å². The van der Waals surface area contributed by atoms with Crippen LogP contribution in [0.15, 0.2) is 0 Å². The van der Waals surface area contributed by atoms with Crippen molar-refractivity contribution in [1.82, 2.24) is 15.7 Å². The Bertz CT molecular complexity index is 282. The predicted octanol–water partition coefficient (Wildman–Crippen LogP) is -1.63. The molecule has 0 spiro atoms. The van der Waals surface area contributed by atoms with Gasteiger partial charge >= 0.3 is 5.97 Å². The van der Waals surface area contributed by atoms with Crippen molar-refractivity contribution in [3.8, 4) is 0 Å². The fraction of sp³-hybridized carbons (Fsp3) is 0.889. The van der Waals surface area contributed by atoms with Crippen molar-refractivity contribution in [2.75, 3.05) is 26.5 Å². The van der Waals surface area contributed by atoms with E-state index in [0.717, 1.165) is 0 Å². The lowest BCUT2D eigenvalue weighted by Gasteiger charge is -2.21. The highest BCUT2D eigenvalue weighted by Gasteiger charge is 2.38. The summed E-state index contributed by atoms with van der Waals surface area (Å²) < 4.78 is 10.8. The van der Waals surface area contributed by atoms with Gasteiger partial charge in [-0.15, -0.1) is 5.06 Å². The summed E-state index contributed by atoms with van der Waals surface area (Å²) in [6.45, 7) is 2.36. The maximum Gasteiger partial charge on any atom is 0.326 e. The van der Waals surface area contributed by atoms with Crippen LogP contribution in [0.25, 0.3) is 0 Å². The maximum atomic E-state index is 11.0. The van der Waals surface area contributed by atoms with Crippen molar-refractivity contribution < 1.29 is 19.1 Å². The number of rotatable bonds is 2. The van der Waals surface area contributed by atoms with Crippen molar-refractivity contribution in [3.63, 3.8) is 0 Å². The predicted molar refractivity (Wildman–Crippen MR) is 51.8 cm³/mol. The van der Waals surface area contributed by atoms with Crippen LogP contribution in [0.2, 0.25) is 0 Å². The van der Waals surface area contributed by atoms with Gasteiger partial charge < -0.3 is 14.3 Å². The highest BCUT2D eigenvalue weighted by atomic mass is 16.7. The van der Waals surface area contributed by atoms with Crippen LogP contribution >= 0.6 is 0 Å². The van der Waals surface area contributed by atoms with Gasteiger partial charge in [-0.25, -0.2) is 0 Å². The van der Waals surface area contributed by atoms with Crippen molar-refractivity contribution in [2.45, 2.75) is 24.9 Å². The number of hydroxylamine groups is 2. The molecule has 2 N–H and O–H groups in total. The molecule has 3 saturated heterocycles. The van der Waals surface area contributed by atoms with Gasteiger partial charge in [0, 0.05) is 6.54 Å². The zero-order valence-corrected chi connectivity index (χ0v) is 8.85. The van der Waals surface area contributed by atoms with E-state index in [0.29, 0.717) is 32.9 Å². The standard InChI is InChI=1S/C9H15N3O4/c13-8-1-2-12(16-8)7-4-15-9(11-7)6-3-14-5-10-6/h6-7,9-11H,1-5H2. The van der Waals surface area contributed by atoms with Gasteiger partial charge in [0.1, 0.15) is 12.4 Å². The van der Waals surface area contributed by atoms with E-state index in [1.165, 1.54) is 0 Å². The normalized spacial score (nSPS) is 40.5. The highest BCUT2D eigenvalue weighted by Crippen LogP contribution is 2.17. The first-order valence-corrected chi connectivity index (χ1v) is 5.49. The number of carbonyl (C=O) groups excluding carboxylic acids is 1. The molecule has 0 aromatic heterocycles. The van der Waals surface area contributed by atoms with Crippen molar-refractivity contribution >= 4 is 5.97 Å². The van der Waals surface area contributed by atoms with Crippen molar-refractivity contribution in [1.29, 1.82) is 0 Å². The van der Waals surface area contributed by atoms with Gasteiger partial charge in [0.15, 0.2) is 0 Å². The van der Waals surface area contributed by atoms with E-state index < -0.39 is 0 Å². The fourth-order valence-electron chi connectivity index (χ4n) is 2.13. The molecule has 3 heterocycles. The molecule has 3 rings (SSSR count). The van der Waals surface area contributed by atoms with Crippen LogP contribution in [-0.2, 0) is 19.1 Å². The molecule has 0 aliphatic carbocycles. The Morgan fingerprint density at radius 3 is 3.00 bits per heavy atom. The summed E-state index contributed by atoms with van der Waals surface area (Å²) in [5.74, 6) is -0.174. The summed E-state index contributed by atoms with van der Waals surface area (Å²) in [6.07, 6.45) is 0.332. The number of nitrogens with zero attached hydrogens (tertiary/aromatic N) is 1. The quantitative estimate of drug-likeness (QED) is 0.589. The van der Waals surface area contributed by atoms with Crippen LogP contribution in [0.4, 0.5) is 0 Å². The molecule has 3 unspecified atom stereocenters. The molecule has 3 aliphatic rings. The summed E-state index contributed by atoms with van der Waals surface area (Å²) >= 11 is 0. The molecule has 0 bridgehead atoms. The smallest absolute Gasteiger partial charge is 0.326 e. The molecule has 7 nitrogen and oxygen atoms in total. The molecular formula is C9H15N3O4. The first kappa shape index (κ1) is 10.4. The molecule has 0 radical (unpaired) electrons. The fourth-order valence-corrected chi connectivity index (χ4v) is 2.13. The monoisotopic (exact) mass is 229 g/mol. The molecule has 0 aromatic carbocycles. The minimum atomic E-state index is -0.174. The average molecular weight is 229 g/mol. The molecule has 16 heavy (non-hydrogen) atoms. The van der Waals surface area contributed by atoms with Crippen LogP contribution in [0.3, 0.4) is 0 Å². The molecule has 0 aromatic rings. The van der Waals surface area contributed by atoms with E-state index in [9.17, 15) is 4.79 Å². The maximum absolute atomic E-state index is 11.0. The lowest BCUT2D eigenvalue weighted by Crippen LogP contribution is -2.49.